The number of hydrogen-bond acceptors (Lipinski definition) is 4. The molecule has 0 unspecified atom stereocenters. The van der Waals surface area contributed by atoms with Crippen molar-refractivity contribution in [3.63, 3.8) is 0 Å². The van der Waals surface area contributed by atoms with Gasteiger partial charge in [-0.15, -0.1) is 0 Å². The number of ether oxygens (including phenoxy) is 1. The SMILES string of the molecule is O=C(O)c1ccc2c(OC3CCC3)ncnc2c1. The summed E-state index contributed by atoms with van der Waals surface area (Å²) in [6, 6.07) is 4.78. The number of carboxylic acids is 1. The number of carboxylic acid groups (broad SMARTS) is 1. The maximum atomic E-state index is 10.9. The van der Waals surface area contributed by atoms with Crippen molar-refractivity contribution in [2.75, 3.05) is 0 Å². The van der Waals surface area contributed by atoms with Crippen molar-refractivity contribution in [2.45, 2.75) is 25.4 Å². The van der Waals surface area contributed by atoms with Crippen molar-refractivity contribution in [3.8, 4) is 5.88 Å². The molecule has 18 heavy (non-hydrogen) atoms. The molecule has 1 fully saturated rings. The molecule has 0 spiro atoms. The van der Waals surface area contributed by atoms with Crippen LogP contribution < -0.4 is 4.74 Å². The zero-order chi connectivity index (χ0) is 12.5. The zero-order valence-corrected chi connectivity index (χ0v) is 9.67. The quantitative estimate of drug-likeness (QED) is 0.896. The summed E-state index contributed by atoms with van der Waals surface area (Å²) in [4.78, 5) is 19.1. The minimum Gasteiger partial charge on any atom is -0.478 e. The lowest BCUT2D eigenvalue weighted by Gasteiger charge is -2.26. The van der Waals surface area contributed by atoms with Gasteiger partial charge in [0.25, 0.3) is 0 Å². The molecule has 0 atom stereocenters. The van der Waals surface area contributed by atoms with Crippen LogP contribution in [0.15, 0.2) is 24.5 Å². The Morgan fingerprint density at radius 3 is 2.83 bits per heavy atom. The molecule has 1 aromatic heterocycles. The van der Waals surface area contributed by atoms with E-state index in [-0.39, 0.29) is 11.7 Å². The molecule has 1 N–H and O–H groups in total. The first kappa shape index (κ1) is 11.0. The van der Waals surface area contributed by atoms with Gasteiger partial charge in [-0.1, -0.05) is 0 Å². The second kappa shape index (κ2) is 4.25. The van der Waals surface area contributed by atoms with Crippen molar-refractivity contribution >= 4 is 16.9 Å². The van der Waals surface area contributed by atoms with E-state index in [1.807, 2.05) is 0 Å². The van der Waals surface area contributed by atoms with E-state index in [1.165, 1.54) is 18.8 Å². The number of fused-ring (bicyclic) bond motifs is 1. The van der Waals surface area contributed by atoms with E-state index in [1.54, 1.807) is 12.1 Å². The minimum absolute atomic E-state index is 0.218. The molecule has 1 heterocycles. The summed E-state index contributed by atoms with van der Waals surface area (Å²) in [6.07, 6.45) is 4.94. The third-order valence-corrected chi connectivity index (χ3v) is 3.18. The minimum atomic E-state index is -0.961. The molecule has 1 aliphatic carbocycles. The van der Waals surface area contributed by atoms with Crippen LogP contribution in [0.3, 0.4) is 0 Å². The Hall–Kier alpha value is -2.17. The van der Waals surface area contributed by atoms with E-state index >= 15 is 0 Å². The van der Waals surface area contributed by atoms with Crippen molar-refractivity contribution in [1.29, 1.82) is 0 Å². The smallest absolute Gasteiger partial charge is 0.335 e. The van der Waals surface area contributed by atoms with Gasteiger partial charge in [-0.25, -0.2) is 14.8 Å². The maximum absolute atomic E-state index is 10.9. The molecule has 92 valence electrons. The van der Waals surface area contributed by atoms with Crippen LogP contribution in [-0.4, -0.2) is 27.1 Å². The van der Waals surface area contributed by atoms with Crippen molar-refractivity contribution < 1.29 is 14.6 Å². The number of aromatic carboxylic acids is 1. The summed E-state index contributed by atoms with van der Waals surface area (Å²) in [5.74, 6) is -0.418. The number of rotatable bonds is 3. The van der Waals surface area contributed by atoms with E-state index in [9.17, 15) is 4.79 Å². The normalized spacial score (nSPS) is 15.3. The molecule has 1 aromatic carbocycles. The Kier molecular flexibility index (Phi) is 2.59. The largest absolute Gasteiger partial charge is 0.478 e. The average Bonchev–Trinajstić information content (AvgIpc) is 2.33. The van der Waals surface area contributed by atoms with Gasteiger partial charge in [0.15, 0.2) is 0 Å². The fraction of sp³-hybridized carbons (Fsp3) is 0.308. The van der Waals surface area contributed by atoms with E-state index in [0.717, 1.165) is 18.2 Å². The molecule has 0 amide bonds. The first-order chi connectivity index (χ1) is 8.74. The first-order valence-corrected chi connectivity index (χ1v) is 5.89. The predicted molar refractivity (Wildman–Crippen MR) is 64.8 cm³/mol. The summed E-state index contributed by atoms with van der Waals surface area (Å²) in [6.45, 7) is 0. The van der Waals surface area contributed by atoms with Gasteiger partial charge in [0.2, 0.25) is 5.88 Å². The molecule has 0 bridgehead atoms. The average molecular weight is 244 g/mol. The number of benzene rings is 1. The second-order valence-electron chi connectivity index (χ2n) is 4.39. The van der Waals surface area contributed by atoms with Gasteiger partial charge in [-0.05, 0) is 37.5 Å². The van der Waals surface area contributed by atoms with Gasteiger partial charge in [-0.3, -0.25) is 0 Å². The summed E-state index contributed by atoms with van der Waals surface area (Å²) in [7, 11) is 0. The fourth-order valence-electron chi connectivity index (χ4n) is 1.91. The molecule has 1 saturated carbocycles. The van der Waals surface area contributed by atoms with Crippen LogP contribution in [-0.2, 0) is 0 Å². The molecular weight excluding hydrogens is 232 g/mol. The van der Waals surface area contributed by atoms with Crippen LogP contribution in [0.1, 0.15) is 29.6 Å². The third-order valence-electron chi connectivity index (χ3n) is 3.18. The number of carbonyl (C=O) groups is 1. The molecule has 5 heteroatoms. The zero-order valence-electron chi connectivity index (χ0n) is 9.67. The monoisotopic (exact) mass is 244 g/mol. The maximum Gasteiger partial charge on any atom is 0.335 e. The number of aromatic nitrogens is 2. The van der Waals surface area contributed by atoms with Gasteiger partial charge < -0.3 is 9.84 Å². The Morgan fingerprint density at radius 1 is 1.33 bits per heavy atom. The first-order valence-electron chi connectivity index (χ1n) is 5.89. The van der Waals surface area contributed by atoms with Gasteiger partial charge >= 0.3 is 5.97 Å². The molecule has 1 aliphatic rings. The summed E-state index contributed by atoms with van der Waals surface area (Å²) < 4.78 is 5.77. The highest BCUT2D eigenvalue weighted by Crippen LogP contribution is 2.28. The van der Waals surface area contributed by atoms with E-state index < -0.39 is 5.97 Å². The molecule has 3 rings (SSSR count). The molecule has 5 nitrogen and oxygen atoms in total. The number of nitrogens with zero attached hydrogens (tertiary/aromatic N) is 2. The summed E-state index contributed by atoms with van der Waals surface area (Å²) in [5, 5.41) is 9.69. The van der Waals surface area contributed by atoms with Crippen LogP contribution in [0.2, 0.25) is 0 Å². The molecule has 2 aromatic rings. The van der Waals surface area contributed by atoms with Crippen LogP contribution in [0, 0.1) is 0 Å². The van der Waals surface area contributed by atoms with Crippen molar-refractivity contribution in [1.82, 2.24) is 9.97 Å². The predicted octanol–water partition coefficient (Wildman–Crippen LogP) is 2.26. The van der Waals surface area contributed by atoms with Crippen LogP contribution in [0.25, 0.3) is 10.9 Å². The van der Waals surface area contributed by atoms with Crippen molar-refractivity contribution in [3.05, 3.63) is 30.1 Å². The van der Waals surface area contributed by atoms with Gasteiger partial charge in [0, 0.05) is 0 Å². The highest BCUT2D eigenvalue weighted by Gasteiger charge is 2.20. The Labute approximate surface area is 103 Å². The van der Waals surface area contributed by atoms with E-state index in [0.29, 0.717) is 11.4 Å². The topological polar surface area (TPSA) is 72.3 Å². The van der Waals surface area contributed by atoms with Crippen LogP contribution >= 0.6 is 0 Å². The lowest BCUT2D eigenvalue weighted by atomic mass is 9.96. The fourth-order valence-corrected chi connectivity index (χ4v) is 1.91. The summed E-state index contributed by atoms with van der Waals surface area (Å²) in [5.41, 5.74) is 0.815. The molecule has 0 saturated heterocycles. The molecule has 0 aliphatic heterocycles. The van der Waals surface area contributed by atoms with E-state index in [2.05, 4.69) is 9.97 Å². The highest BCUT2D eigenvalue weighted by molar-refractivity contribution is 5.94. The van der Waals surface area contributed by atoms with E-state index in [4.69, 9.17) is 9.84 Å². The lowest BCUT2D eigenvalue weighted by molar-refractivity contribution is 0.0697. The Balaban J connectivity index is 2.01. The highest BCUT2D eigenvalue weighted by atomic mass is 16.5. The third kappa shape index (κ3) is 1.88. The van der Waals surface area contributed by atoms with Gasteiger partial charge in [-0.2, -0.15) is 0 Å². The lowest BCUT2D eigenvalue weighted by Crippen LogP contribution is -2.25. The van der Waals surface area contributed by atoms with Gasteiger partial charge in [0.05, 0.1) is 16.5 Å². The van der Waals surface area contributed by atoms with Gasteiger partial charge in [0.1, 0.15) is 12.4 Å². The van der Waals surface area contributed by atoms with Crippen LogP contribution in [0.4, 0.5) is 0 Å². The van der Waals surface area contributed by atoms with Crippen LogP contribution in [0.5, 0.6) is 5.88 Å². The second-order valence-corrected chi connectivity index (χ2v) is 4.39. The summed E-state index contributed by atoms with van der Waals surface area (Å²) >= 11 is 0. The Morgan fingerprint density at radius 2 is 2.17 bits per heavy atom. The Bertz CT molecular complexity index is 608. The molecular formula is C13H12N2O3. The van der Waals surface area contributed by atoms with Crippen molar-refractivity contribution in [2.24, 2.45) is 0 Å². The standard InChI is InChI=1S/C13H12N2O3/c16-13(17)8-4-5-10-11(6-8)14-7-15-12(10)18-9-2-1-3-9/h4-7,9H,1-3H2,(H,16,17). The number of hydrogen-bond donors (Lipinski definition) is 1. The molecule has 0 radical (unpaired) electrons.